The third kappa shape index (κ3) is 27.4. The summed E-state index contributed by atoms with van der Waals surface area (Å²) < 4.78 is 0. The van der Waals surface area contributed by atoms with E-state index in [9.17, 15) is 4.79 Å². The van der Waals surface area contributed by atoms with Crippen LogP contribution in [-0.2, 0) is 4.79 Å². The summed E-state index contributed by atoms with van der Waals surface area (Å²) in [5.74, 6) is 0.186. The summed E-state index contributed by atoms with van der Waals surface area (Å²) in [6, 6.07) is 0. The molecule has 0 atom stereocenters. The molecular weight excluding hydrogens is 378 g/mol. The Hall–Kier alpha value is -0.530. The van der Waals surface area contributed by atoms with Crippen molar-refractivity contribution in [3.8, 4) is 0 Å². The summed E-state index contributed by atoms with van der Waals surface area (Å²) in [7, 11) is 0. The van der Waals surface area contributed by atoms with Crippen LogP contribution >= 0.6 is 0 Å². The van der Waals surface area contributed by atoms with Crippen LogP contribution in [0.3, 0.4) is 0 Å². The van der Waals surface area contributed by atoms with E-state index >= 15 is 0 Å². The third-order valence-electron chi connectivity index (χ3n) is 6.47. The standard InChI is InChI=1S/C29H58NO/c1-3-5-6-7-8-9-10-11-12-13-14-15-16-17-18-19-20-21-22-23-24-25-26-27-29(31)30-28-4-2/h28H,3-27H2,1-2H3,(H,30,31). The van der Waals surface area contributed by atoms with Crippen molar-refractivity contribution in [3.05, 3.63) is 6.54 Å². The molecule has 0 aliphatic carbocycles. The van der Waals surface area contributed by atoms with Crippen molar-refractivity contribution in [3.63, 3.8) is 0 Å². The van der Waals surface area contributed by atoms with E-state index in [1.54, 1.807) is 0 Å². The zero-order chi connectivity index (χ0) is 22.7. The topological polar surface area (TPSA) is 29.1 Å². The molecule has 0 aromatic rings. The lowest BCUT2D eigenvalue weighted by Gasteiger charge is -2.04. The van der Waals surface area contributed by atoms with Crippen LogP contribution in [0.15, 0.2) is 0 Å². The molecule has 1 radical (unpaired) electrons. The highest BCUT2D eigenvalue weighted by Gasteiger charge is 2.00. The van der Waals surface area contributed by atoms with Crippen LogP contribution in [0.1, 0.15) is 174 Å². The first kappa shape index (κ1) is 30.5. The Balaban J connectivity index is 3.04. The second-order valence-electron chi connectivity index (χ2n) is 9.71. The van der Waals surface area contributed by atoms with Crippen molar-refractivity contribution < 1.29 is 4.79 Å². The molecular formula is C29H58NO. The largest absolute Gasteiger partial charge is 0.351 e. The van der Waals surface area contributed by atoms with Gasteiger partial charge in [-0.1, -0.05) is 155 Å². The number of carbonyl (C=O) groups excluding carboxylic acids is 1. The fourth-order valence-corrected chi connectivity index (χ4v) is 4.36. The molecule has 0 heterocycles. The smallest absolute Gasteiger partial charge is 0.220 e. The molecule has 31 heavy (non-hydrogen) atoms. The number of nitrogens with one attached hydrogen (secondary N) is 1. The van der Waals surface area contributed by atoms with Crippen molar-refractivity contribution in [1.29, 1.82) is 0 Å². The second kappa shape index (κ2) is 27.5. The van der Waals surface area contributed by atoms with Crippen LogP contribution < -0.4 is 5.32 Å². The molecule has 0 fully saturated rings. The molecule has 0 aliphatic heterocycles. The SMILES string of the molecule is CC[CH]NC(=O)CCCCCCCCCCCCCCCCCCCCCCCCC. The minimum atomic E-state index is 0.186. The van der Waals surface area contributed by atoms with E-state index in [0.717, 1.165) is 12.8 Å². The van der Waals surface area contributed by atoms with Gasteiger partial charge in [-0.3, -0.25) is 4.79 Å². The Kier molecular flexibility index (Phi) is 27.0. The Morgan fingerprint density at radius 2 is 0.774 bits per heavy atom. The van der Waals surface area contributed by atoms with E-state index in [1.807, 2.05) is 13.5 Å². The molecule has 0 bridgehead atoms. The lowest BCUT2D eigenvalue weighted by atomic mass is 10.0. The van der Waals surface area contributed by atoms with E-state index in [4.69, 9.17) is 0 Å². The molecule has 0 aliphatic rings. The predicted octanol–water partition coefficient (Wildman–Crippen LogP) is 10.1. The molecule has 0 aromatic carbocycles. The lowest BCUT2D eigenvalue weighted by Crippen LogP contribution is -2.19. The van der Waals surface area contributed by atoms with Gasteiger partial charge in [0, 0.05) is 13.0 Å². The zero-order valence-electron chi connectivity index (χ0n) is 21.7. The highest BCUT2D eigenvalue weighted by molar-refractivity contribution is 5.76. The number of amides is 1. The Morgan fingerprint density at radius 3 is 1.06 bits per heavy atom. The Morgan fingerprint density at radius 1 is 0.484 bits per heavy atom. The van der Waals surface area contributed by atoms with Crippen molar-refractivity contribution in [2.75, 3.05) is 0 Å². The highest BCUT2D eigenvalue weighted by Crippen LogP contribution is 2.15. The molecule has 0 rings (SSSR count). The molecule has 0 aromatic heterocycles. The molecule has 1 N–H and O–H groups in total. The van der Waals surface area contributed by atoms with Crippen LogP contribution in [0.5, 0.6) is 0 Å². The minimum Gasteiger partial charge on any atom is -0.351 e. The lowest BCUT2D eigenvalue weighted by molar-refractivity contribution is -0.120. The average Bonchev–Trinajstić information content (AvgIpc) is 2.78. The van der Waals surface area contributed by atoms with Crippen LogP contribution in [0, 0.1) is 6.54 Å². The fourth-order valence-electron chi connectivity index (χ4n) is 4.36. The van der Waals surface area contributed by atoms with Gasteiger partial charge in [-0.25, -0.2) is 0 Å². The van der Waals surface area contributed by atoms with Gasteiger partial charge in [0.15, 0.2) is 0 Å². The maximum absolute atomic E-state index is 11.5. The molecule has 0 saturated carbocycles. The van der Waals surface area contributed by atoms with Gasteiger partial charge in [0.05, 0.1) is 0 Å². The molecule has 2 heteroatoms. The van der Waals surface area contributed by atoms with Crippen molar-refractivity contribution >= 4 is 5.91 Å². The van der Waals surface area contributed by atoms with Crippen molar-refractivity contribution in [2.24, 2.45) is 0 Å². The van der Waals surface area contributed by atoms with E-state index in [2.05, 4.69) is 12.2 Å². The van der Waals surface area contributed by atoms with Gasteiger partial charge in [-0.15, -0.1) is 0 Å². The van der Waals surface area contributed by atoms with E-state index < -0.39 is 0 Å². The van der Waals surface area contributed by atoms with E-state index in [-0.39, 0.29) is 5.91 Å². The molecule has 2 nitrogen and oxygen atoms in total. The van der Waals surface area contributed by atoms with Gasteiger partial charge in [0.1, 0.15) is 0 Å². The summed E-state index contributed by atoms with van der Waals surface area (Å²) in [5, 5.41) is 2.83. The number of hydrogen-bond acceptors (Lipinski definition) is 1. The van der Waals surface area contributed by atoms with Crippen molar-refractivity contribution in [1.82, 2.24) is 5.32 Å². The molecule has 0 saturated heterocycles. The number of unbranched alkanes of at least 4 members (excludes halogenated alkanes) is 22. The average molecular weight is 437 g/mol. The molecule has 0 unspecified atom stereocenters. The molecule has 185 valence electrons. The van der Waals surface area contributed by atoms with Gasteiger partial charge < -0.3 is 5.32 Å². The van der Waals surface area contributed by atoms with Gasteiger partial charge in [0.2, 0.25) is 5.91 Å². The Bertz CT molecular complexity index is 342. The minimum absolute atomic E-state index is 0.186. The number of rotatable bonds is 26. The quantitative estimate of drug-likeness (QED) is 0.134. The highest BCUT2D eigenvalue weighted by atomic mass is 16.1. The van der Waals surface area contributed by atoms with Crippen LogP contribution in [0.4, 0.5) is 0 Å². The third-order valence-corrected chi connectivity index (χ3v) is 6.47. The van der Waals surface area contributed by atoms with Crippen molar-refractivity contribution in [2.45, 2.75) is 174 Å². The summed E-state index contributed by atoms with van der Waals surface area (Å²) in [6.45, 7) is 6.19. The second-order valence-corrected chi connectivity index (χ2v) is 9.71. The number of carbonyl (C=O) groups is 1. The first-order chi connectivity index (χ1) is 15.3. The normalized spacial score (nSPS) is 11.2. The van der Waals surface area contributed by atoms with Gasteiger partial charge in [0.25, 0.3) is 0 Å². The van der Waals surface area contributed by atoms with Crippen LogP contribution in [0.25, 0.3) is 0 Å². The van der Waals surface area contributed by atoms with Gasteiger partial charge >= 0.3 is 0 Å². The predicted molar refractivity (Wildman–Crippen MR) is 139 cm³/mol. The molecule has 1 amide bonds. The van der Waals surface area contributed by atoms with E-state index in [0.29, 0.717) is 6.42 Å². The van der Waals surface area contributed by atoms with E-state index in [1.165, 1.54) is 141 Å². The monoisotopic (exact) mass is 436 g/mol. The summed E-state index contributed by atoms with van der Waals surface area (Å²) >= 11 is 0. The first-order valence-electron chi connectivity index (χ1n) is 14.4. The zero-order valence-corrected chi connectivity index (χ0v) is 21.7. The molecule has 0 spiro atoms. The van der Waals surface area contributed by atoms with Crippen LogP contribution in [0.2, 0.25) is 0 Å². The first-order valence-corrected chi connectivity index (χ1v) is 14.4. The van der Waals surface area contributed by atoms with Gasteiger partial charge in [-0.05, 0) is 12.8 Å². The van der Waals surface area contributed by atoms with Crippen LogP contribution in [-0.4, -0.2) is 5.91 Å². The maximum atomic E-state index is 11.5. The van der Waals surface area contributed by atoms with Gasteiger partial charge in [-0.2, -0.15) is 0 Å². The fraction of sp³-hybridized carbons (Fsp3) is 0.931. The summed E-state index contributed by atoms with van der Waals surface area (Å²) in [5.41, 5.74) is 0. The summed E-state index contributed by atoms with van der Waals surface area (Å²) in [6.07, 6.45) is 34.0. The summed E-state index contributed by atoms with van der Waals surface area (Å²) in [4.78, 5) is 11.5. The Labute approximate surface area is 197 Å². The maximum Gasteiger partial charge on any atom is 0.220 e. The number of hydrogen-bond donors (Lipinski definition) is 1.